The molecule has 0 bridgehead atoms. The molecule has 70 valence electrons. The van der Waals surface area contributed by atoms with Crippen LogP contribution in [0.5, 0.6) is 0 Å². The first-order valence-electron chi connectivity index (χ1n) is 2.80. The van der Waals surface area contributed by atoms with E-state index in [9.17, 15) is 9.59 Å². The quantitative estimate of drug-likeness (QED) is 0.153. The smallest absolute Gasteiger partial charge is 0.394 e. The van der Waals surface area contributed by atoms with E-state index in [1.165, 1.54) is 0 Å². The Labute approximate surface area is 97.8 Å². The summed E-state index contributed by atoms with van der Waals surface area (Å²) in [7, 11) is -2.77. The molecule has 7 nitrogen and oxygen atoms in total. The fourth-order valence-electron chi connectivity index (χ4n) is 0.508. The molecule has 1 aliphatic heterocycles. The molecule has 0 aromatic rings. The summed E-state index contributed by atoms with van der Waals surface area (Å²) in [5, 5.41) is 9.17. The number of hydrogen-bond donors (Lipinski definition) is 2. The van der Waals surface area contributed by atoms with Gasteiger partial charge in [0.1, 0.15) is 0 Å². The third-order valence-electron chi connectivity index (χ3n) is 0.919. The topological polar surface area (TPSA) is 110 Å². The molecule has 0 aromatic heterocycles. The number of amides is 2. The van der Waals surface area contributed by atoms with Crippen LogP contribution in [0, 0.1) is 0 Å². The van der Waals surface area contributed by atoms with Crippen LogP contribution in [-0.2, 0) is 33.3 Å². The largest absolute Gasteiger partial charge is 1.00 e. The summed E-state index contributed by atoms with van der Waals surface area (Å²) in [5.74, 6) is -0.296. The Balaban J connectivity index is 0. The zero-order valence-electron chi connectivity index (χ0n) is 6.81. The molecule has 1 heterocycles. The van der Waals surface area contributed by atoms with E-state index in [0.29, 0.717) is 12.8 Å². The van der Waals surface area contributed by atoms with Gasteiger partial charge in [-0.1, -0.05) is 0 Å². The molecule has 1 rings (SSSR count). The molecule has 1 fully saturated rings. The van der Waals surface area contributed by atoms with E-state index in [1.807, 2.05) is 0 Å². The first-order valence-corrected chi connectivity index (χ1v) is 3.80. The standard InChI is InChI=1S/C4H5NO2.Na.HO4S/c6-3-1-2-4(7)5-3;;1-4-5(2)3/h1-2H2,(H,5,6,7);;1H/q;+1;-1. The summed E-state index contributed by atoms with van der Waals surface area (Å²) in [6.45, 7) is 0. The zero-order chi connectivity index (χ0) is 9.56. The molecule has 2 amide bonds. The van der Waals surface area contributed by atoms with Crippen LogP contribution in [0.1, 0.15) is 12.8 Å². The second-order valence-electron chi connectivity index (χ2n) is 1.75. The number of nitrogens with one attached hydrogen (secondary N) is 1. The van der Waals surface area contributed by atoms with Crippen molar-refractivity contribution in [3.8, 4) is 0 Å². The molecule has 0 atom stereocenters. The molecule has 0 aromatic carbocycles. The Morgan fingerprint density at radius 2 is 1.54 bits per heavy atom. The Bertz CT molecular complexity index is 229. The average molecular weight is 219 g/mol. The van der Waals surface area contributed by atoms with E-state index in [1.54, 1.807) is 0 Å². The van der Waals surface area contributed by atoms with Gasteiger partial charge in [0.05, 0.1) is 11.0 Å². The van der Waals surface area contributed by atoms with Crippen LogP contribution in [0.2, 0.25) is 0 Å². The van der Waals surface area contributed by atoms with Crippen LogP contribution in [0.15, 0.2) is 0 Å². The van der Waals surface area contributed by atoms with E-state index in [2.05, 4.69) is 9.65 Å². The molecule has 13 heavy (non-hydrogen) atoms. The van der Waals surface area contributed by atoms with Gasteiger partial charge in [-0.15, -0.1) is 0 Å². The normalized spacial score (nSPS) is 14.3. The minimum absolute atomic E-state index is 0. The minimum Gasteiger partial charge on any atom is -0.394 e. The number of imide groups is 1. The second kappa shape index (κ2) is 8.60. The van der Waals surface area contributed by atoms with Crippen LogP contribution in [-0.4, -0.2) is 17.1 Å². The van der Waals surface area contributed by atoms with Crippen LogP contribution < -0.4 is 34.9 Å². The van der Waals surface area contributed by atoms with Crippen molar-refractivity contribution in [1.29, 1.82) is 0 Å². The molecule has 0 aliphatic carbocycles. The molecule has 1 aliphatic rings. The number of rotatable bonds is 1. The molecular weight excluding hydrogens is 213 g/mol. The van der Waals surface area contributed by atoms with Gasteiger partial charge in [0.2, 0.25) is 11.8 Å². The number of hydrogen-bond acceptors (Lipinski definition) is 7. The summed E-state index contributed by atoms with van der Waals surface area (Å²) < 4.78 is 20.5. The molecule has 0 saturated carbocycles. The van der Waals surface area contributed by atoms with Gasteiger partial charge in [-0.3, -0.25) is 24.5 Å². The third kappa shape index (κ3) is 9.93. The van der Waals surface area contributed by atoms with E-state index in [0.717, 1.165) is 0 Å². The van der Waals surface area contributed by atoms with Gasteiger partial charge < -0.3 is 8.42 Å². The minimum atomic E-state index is -2.77. The fourth-order valence-corrected chi connectivity index (χ4v) is 0.508. The van der Waals surface area contributed by atoms with Crippen LogP contribution in [0.25, 0.3) is 0 Å². The fraction of sp³-hybridized carbons (Fsp3) is 0.500. The van der Waals surface area contributed by atoms with Crippen molar-refractivity contribution in [3.63, 3.8) is 0 Å². The Hall–Kier alpha value is 0.01000. The molecule has 0 radical (unpaired) electrons. The van der Waals surface area contributed by atoms with Crippen LogP contribution in [0.3, 0.4) is 0 Å². The first kappa shape index (κ1) is 15.5. The third-order valence-corrected chi connectivity index (χ3v) is 1.04. The number of carbonyl (C=O) groups excluding carboxylic acids is 2. The number of carbonyl (C=O) groups is 2. The van der Waals surface area contributed by atoms with Crippen molar-refractivity contribution in [2.24, 2.45) is 0 Å². The monoisotopic (exact) mass is 219 g/mol. The average Bonchev–Trinajstić information content (AvgIpc) is 2.36. The summed E-state index contributed by atoms with van der Waals surface area (Å²) in [6.07, 6.45) is 0.748. The first-order chi connectivity index (χ1) is 5.56. The SMILES string of the molecule is O=C1CCC(=O)N1.O=[S-](=O)OO.[Na+]. The van der Waals surface area contributed by atoms with Crippen molar-refractivity contribution >= 4 is 22.8 Å². The van der Waals surface area contributed by atoms with Gasteiger partial charge in [-0.05, 0) is 0 Å². The molecule has 0 unspecified atom stereocenters. The summed E-state index contributed by atoms with van der Waals surface area (Å²) in [5.41, 5.74) is 0. The van der Waals surface area contributed by atoms with E-state index in [-0.39, 0.29) is 41.4 Å². The van der Waals surface area contributed by atoms with Crippen molar-refractivity contribution < 1.29 is 57.2 Å². The molecule has 2 N–H and O–H groups in total. The van der Waals surface area contributed by atoms with Crippen LogP contribution in [0.4, 0.5) is 0 Å². The van der Waals surface area contributed by atoms with Gasteiger partial charge >= 0.3 is 29.6 Å². The maximum absolute atomic E-state index is 10.1. The van der Waals surface area contributed by atoms with Crippen molar-refractivity contribution in [2.75, 3.05) is 0 Å². The van der Waals surface area contributed by atoms with Crippen molar-refractivity contribution in [1.82, 2.24) is 5.32 Å². The predicted molar refractivity (Wildman–Crippen MR) is 34.8 cm³/mol. The Kier molecular flexibility index (Phi) is 10.2. The van der Waals surface area contributed by atoms with Crippen molar-refractivity contribution in [2.45, 2.75) is 12.8 Å². The summed E-state index contributed by atoms with van der Waals surface area (Å²) in [4.78, 5) is 20.2. The van der Waals surface area contributed by atoms with Gasteiger partial charge in [0.25, 0.3) is 0 Å². The summed E-state index contributed by atoms with van der Waals surface area (Å²) >= 11 is 0. The summed E-state index contributed by atoms with van der Waals surface area (Å²) in [6, 6.07) is 0. The molecule has 0 spiro atoms. The second-order valence-corrected chi connectivity index (χ2v) is 2.31. The van der Waals surface area contributed by atoms with Gasteiger partial charge in [-0.25, -0.2) is 0 Å². The Morgan fingerprint density at radius 3 is 1.62 bits per heavy atom. The van der Waals surface area contributed by atoms with E-state index in [4.69, 9.17) is 13.7 Å². The van der Waals surface area contributed by atoms with Crippen LogP contribution >= 0.6 is 0 Å². The maximum atomic E-state index is 10.1. The zero-order valence-corrected chi connectivity index (χ0v) is 9.63. The molecule has 1 saturated heterocycles. The Morgan fingerprint density at radius 1 is 1.23 bits per heavy atom. The van der Waals surface area contributed by atoms with E-state index >= 15 is 0 Å². The van der Waals surface area contributed by atoms with Gasteiger partial charge in [-0.2, -0.15) is 0 Å². The molecule has 9 heteroatoms. The van der Waals surface area contributed by atoms with Crippen molar-refractivity contribution in [3.05, 3.63) is 0 Å². The molecular formula is C4H6NNaO6S. The van der Waals surface area contributed by atoms with Gasteiger partial charge in [0, 0.05) is 12.8 Å². The van der Waals surface area contributed by atoms with E-state index < -0.39 is 11.0 Å². The van der Waals surface area contributed by atoms with Gasteiger partial charge in [0.15, 0.2) is 0 Å². The predicted octanol–water partition coefficient (Wildman–Crippen LogP) is -3.87. The maximum Gasteiger partial charge on any atom is 1.00 e.